The Bertz CT molecular complexity index is 436. The van der Waals surface area contributed by atoms with Gasteiger partial charge in [0.05, 0.1) is 12.3 Å². The van der Waals surface area contributed by atoms with Crippen LogP contribution in [0.15, 0.2) is 42.7 Å². The molecule has 1 heterocycles. The lowest BCUT2D eigenvalue weighted by atomic mass is 10.0. The van der Waals surface area contributed by atoms with Crippen LogP contribution in [0.2, 0.25) is 0 Å². The Morgan fingerprint density at radius 2 is 2.06 bits per heavy atom. The van der Waals surface area contributed by atoms with Gasteiger partial charge in [-0.3, -0.25) is 4.68 Å². The zero-order valence-electron chi connectivity index (χ0n) is 9.37. The van der Waals surface area contributed by atoms with Gasteiger partial charge in [0.25, 0.3) is 0 Å². The third kappa shape index (κ3) is 2.70. The molecule has 2 aromatic rings. The molecule has 0 aliphatic heterocycles. The van der Waals surface area contributed by atoms with Crippen LogP contribution in [0.4, 0.5) is 0 Å². The first kappa shape index (κ1) is 10.9. The fourth-order valence-corrected chi connectivity index (χ4v) is 1.73. The van der Waals surface area contributed by atoms with Crippen molar-refractivity contribution in [3.05, 3.63) is 53.9 Å². The predicted octanol–water partition coefficient (Wildman–Crippen LogP) is 2.09. The van der Waals surface area contributed by atoms with E-state index >= 15 is 0 Å². The number of benzene rings is 1. The predicted molar refractivity (Wildman–Crippen MR) is 62.9 cm³/mol. The molecule has 0 radical (unpaired) electrons. The number of hydrogen-bond donors (Lipinski definition) is 1. The summed E-state index contributed by atoms with van der Waals surface area (Å²) in [4.78, 5) is 0. The summed E-state index contributed by atoms with van der Waals surface area (Å²) >= 11 is 0. The summed E-state index contributed by atoms with van der Waals surface area (Å²) in [7, 11) is 1.85. The Balaban J connectivity index is 1.91. The highest BCUT2D eigenvalue weighted by Gasteiger charge is 2.09. The van der Waals surface area contributed by atoms with Crippen LogP contribution in [-0.4, -0.2) is 14.9 Å². The molecule has 84 valence electrons. The maximum atomic E-state index is 9.94. The molecule has 0 fully saturated rings. The van der Waals surface area contributed by atoms with E-state index < -0.39 is 6.10 Å². The van der Waals surface area contributed by atoms with E-state index in [0.717, 1.165) is 18.4 Å². The molecule has 3 heteroatoms. The highest BCUT2D eigenvalue weighted by Crippen LogP contribution is 2.17. The molecule has 1 aromatic heterocycles. The summed E-state index contributed by atoms with van der Waals surface area (Å²) in [5.41, 5.74) is 2.14. The minimum atomic E-state index is -0.422. The van der Waals surface area contributed by atoms with Crippen molar-refractivity contribution in [1.82, 2.24) is 9.78 Å². The Kier molecular flexibility index (Phi) is 3.37. The van der Waals surface area contributed by atoms with Gasteiger partial charge in [0.1, 0.15) is 0 Å². The first-order valence-electron chi connectivity index (χ1n) is 5.46. The summed E-state index contributed by atoms with van der Waals surface area (Å²) in [5, 5.41) is 14.0. The van der Waals surface area contributed by atoms with Gasteiger partial charge in [0, 0.05) is 18.8 Å². The van der Waals surface area contributed by atoms with E-state index in [4.69, 9.17) is 0 Å². The van der Waals surface area contributed by atoms with Crippen LogP contribution in [-0.2, 0) is 13.5 Å². The molecule has 2 rings (SSSR count). The van der Waals surface area contributed by atoms with Gasteiger partial charge in [-0.05, 0) is 18.4 Å². The lowest BCUT2D eigenvalue weighted by Crippen LogP contribution is -1.98. The van der Waals surface area contributed by atoms with Gasteiger partial charge in [-0.2, -0.15) is 5.10 Å². The quantitative estimate of drug-likeness (QED) is 0.849. The van der Waals surface area contributed by atoms with Crippen LogP contribution in [0.3, 0.4) is 0 Å². The Morgan fingerprint density at radius 1 is 1.31 bits per heavy atom. The lowest BCUT2D eigenvalue weighted by molar-refractivity contribution is 0.168. The van der Waals surface area contributed by atoms with E-state index in [1.807, 2.05) is 31.4 Å². The van der Waals surface area contributed by atoms with E-state index in [9.17, 15) is 5.11 Å². The van der Waals surface area contributed by atoms with Gasteiger partial charge >= 0.3 is 0 Å². The third-order valence-electron chi connectivity index (χ3n) is 2.66. The van der Waals surface area contributed by atoms with E-state index in [2.05, 4.69) is 17.2 Å². The molecular weight excluding hydrogens is 200 g/mol. The van der Waals surface area contributed by atoms with Crippen LogP contribution in [0.25, 0.3) is 0 Å². The molecule has 0 spiro atoms. The van der Waals surface area contributed by atoms with Gasteiger partial charge < -0.3 is 5.11 Å². The molecule has 1 unspecified atom stereocenters. The third-order valence-corrected chi connectivity index (χ3v) is 2.66. The maximum Gasteiger partial charge on any atom is 0.0823 e. The first-order valence-corrected chi connectivity index (χ1v) is 5.46. The standard InChI is InChI=1S/C13H16N2O/c1-15-10-12(9-14-15)13(16)8-7-11-5-3-2-4-6-11/h2-6,9-10,13,16H,7-8H2,1H3. The van der Waals surface area contributed by atoms with E-state index in [1.54, 1.807) is 10.9 Å². The Morgan fingerprint density at radius 3 is 2.69 bits per heavy atom. The average molecular weight is 216 g/mol. The number of nitrogens with zero attached hydrogens (tertiary/aromatic N) is 2. The number of aliphatic hydroxyl groups excluding tert-OH is 1. The Hall–Kier alpha value is -1.61. The van der Waals surface area contributed by atoms with E-state index in [-0.39, 0.29) is 0 Å². The minimum absolute atomic E-state index is 0.422. The molecular formula is C13H16N2O. The van der Waals surface area contributed by atoms with Crippen LogP contribution in [0.5, 0.6) is 0 Å². The maximum absolute atomic E-state index is 9.94. The van der Waals surface area contributed by atoms with Crippen molar-refractivity contribution in [3.63, 3.8) is 0 Å². The molecule has 0 amide bonds. The van der Waals surface area contributed by atoms with Gasteiger partial charge in [-0.25, -0.2) is 0 Å². The summed E-state index contributed by atoms with van der Waals surface area (Å²) in [6.07, 6.45) is 4.77. The smallest absolute Gasteiger partial charge is 0.0823 e. The number of aryl methyl sites for hydroxylation is 2. The van der Waals surface area contributed by atoms with Crippen molar-refractivity contribution in [2.24, 2.45) is 7.05 Å². The number of hydrogen-bond acceptors (Lipinski definition) is 2. The molecule has 3 nitrogen and oxygen atoms in total. The second-order valence-corrected chi connectivity index (χ2v) is 3.99. The zero-order valence-corrected chi connectivity index (χ0v) is 9.37. The highest BCUT2D eigenvalue weighted by atomic mass is 16.3. The zero-order chi connectivity index (χ0) is 11.4. The summed E-state index contributed by atoms with van der Waals surface area (Å²) in [6, 6.07) is 10.2. The monoisotopic (exact) mass is 216 g/mol. The number of aliphatic hydroxyl groups is 1. The molecule has 1 N–H and O–H groups in total. The Labute approximate surface area is 95.3 Å². The fourth-order valence-electron chi connectivity index (χ4n) is 1.73. The summed E-state index contributed by atoms with van der Waals surface area (Å²) in [6.45, 7) is 0. The highest BCUT2D eigenvalue weighted by molar-refractivity contribution is 5.16. The summed E-state index contributed by atoms with van der Waals surface area (Å²) < 4.78 is 1.71. The van der Waals surface area contributed by atoms with Crippen LogP contribution in [0, 0.1) is 0 Å². The molecule has 1 atom stereocenters. The SMILES string of the molecule is Cn1cc(C(O)CCc2ccccc2)cn1. The minimum Gasteiger partial charge on any atom is -0.388 e. The van der Waals surface area contributed by atoms with Gasteiger partial charge in [-0.1, -0.05) is 30.3 Å². The topological polar surface area (TPSA) is 38.0 Å². The van der Waals surface area contributed by atoms with E-state index in [0.29, 0.717) is 0 Å². The largest absolute Gasteiger partial charge is 0.388 e. The molecule has 16 heavy (non-hydrogen) atoms. The molecule has 0 aliphatic rings. The molecule has 0 aliphatic carbocycles. The first-order chi connectivity index (χ1) is 7.75. The van der Waals surface area contributed by atoms with Crippen molar-refractivity contribution in [1.29, 1.82) is 0 Å². The van der Waals surface area contributed by atoms with Gasteiger partial charge in [0.2, 0.25) is 0 Å². The number of aromatic nitrogens is 2. The van der Waals surface area contributed by atoms with Gasteiger partial charge in [0.15, 0.2) is 0 Å². The van der Waals surface area contributed by atoms with Crippen LogP contribution >= 0.6 is 0 Å². The van der Waals surface area contributed by atoms with E-state index in [1.165, 1.54) is 5.56 Å². The molecule has 0 bridgehead atoms. The molecule has 0 saturated heterocycles. The van der Waals surface area contributed by atoms with Crippen LogP contribution in [0.1, 0.15) is 23.7 Å². The van der Waals surface area contributed by atoms with Crippen LogP contribution < -0.4 is 0 Å². The van der Waals surface area contributed by atoms with Crippen molar-refractivity contribution in [2.45, 2.75) is 18.9 Å². The summed E-state index contributed by atoms with van der Waals surface area (Å²) in [5.74, 6) is 0. The average Bonchev–Trinajstić information content (AvgIpc) is 2.74. The fraction of sp³-hybridized carbons (Fsp3) is 0.308. The molecule has 0 saturated carbocycles. The van der Waals surface area contributed by atoms with Crippen molar-refractivity contribution >= 4 is 0 Å². The second-order valence-electron chi connectivity index (χ2n) is 3.99. The normalized spacial score (nSPS) is 12.6. The van der Waals surface area contributed by atoms with Crippen molar-refractivity contribution in [3.8, 4) is 0 Å². The van der Waals surface area contributed by atoms with Crippen molar-refractivity contribution < 1.29 is 5.11 Å². The lowest BCUT2D eigenvalue weighted by Gasteiger charge is -2.07. The second kappa shape index (κ2) is 4.94. The van der Waals surface area contributed by atoms with Gasteiger partial charge in [-0.15, -0.1) is 0 Å². The number of rotatable bonds is 4. The van der Waals surface area contributed by atoms with Crippen molar-refractivity contribution in [2.75, 3.05) is 0 Å². The molecule has 1 aromatic carbocycles.